The normalized spacial score (nSPS) is 18.6. The van der Waals surface area contributed by atoms with E-state index in [0.717, 1.165) is 27.6 Å². The molecule has 2 aliphatic rings. The predicted octanol–water partition coefficient (Wildman–Crippen LogP) is 7.48. The van der Waals surface area contributed by atoms with Crippen LogP contribution in [0.25, 0.3) is 10.8 Å². The lowest BCUT2D eigenvalue weighted by Gasteiger charge is -2.37. The Kier molecular flexibility index (Phi) is 7.62. The number of benzene rings is 4. The molecule has 6 rings (SSSR count). The minimum Gasteiger partial charge on any atom is -0.490 e. The molecule has 6 heteroatoms. The summed E-state index contributed by atoms with van der Waals surface area (Å²) in [7, 11) is 0. The van der Waals surface area contributed by atoms with Crippen molar-refractivity contribution in [3.63, 3.8) is 0 Å². The van der Waals surface area contributed by atoms with E-state index in [0.29, 0.717) is 40.5 Å². The molecule has 0 spiro atoms. The Hall–Kier alpha value is -4.35. The summed E-state index contributed by atoms with van der Waals surface area (Å²) in [6.45, 7) is 2.20. The molecule has 206 valence electrons. The van der Waals surface area contributed by atoms with Crippen molar-refractivity contribution >= 4 is 34.1 Å². The molecular formula is C35H30ClNO4. The molecular weight excluding hydrogens is 534 g/mol. The number of hydrogen-bond acceptors (Lipinski definition) is 5. The maximum atomic E-state index is 14.0. The summed E-state index contributed by atoms with van der Waals surface area (Å²) in [5, 5.41) is 6.16. The van der Waals surface area contributed by atoms with E-state index >= 15 is 0 Å². The third-order valence-corrected chi connectivity index (χ3v) is 8.10. The van der Waals surface area contributed by atoms with Crippen molar-refractivity contribution in [1.82, 2.24) is 5.32 Å². The fraction of sp³-hybridized carbons (Fsp3) is 0.200. The molecule has 1 aliphatic heterocycles. The second-order valence-electron chi connectivity index (χ2n) is 10.4. The summed E-state index contributed by atoms with van der Waals surface area (Å²) < 4.78 is 11.5. The highest BCUT2D eigenvalue weighted by Gasteiger charge is 2.42. The van der Waals surface area contributed by atoms with Crippen molar-refractivity contribution in [2.45, 2.75) is 31.6 Å². The molecule has 4 aromatic rings. The van der Waals surface area contributed by atoms with E-state index in [-0.39, 0.29) is 24.9 Å². The van der Waals surface area contributed by atoms with Gasteiger partial charge >= 0.3 is 5.97 Å². The minimum atomic E-state index is -0.543. The van der Waals surface area contributed by atoms with Crippen LogP contribution in [0.2, 0.25) is 5.02 Å². The molecule has 1 N–H and O–H groups in total. The van der Waals surface area contributed by atoms with E-state index in [1.165, 1.54) is 0 Å². The summed E-state index contributed by atoms with van der Waals surface area (Å²) in [5.74, 6) is -0.232. The number of esters is 1. The number of allylic oxidation sites excluding steroid dienone is 3. The van der Waals surface area contributed by atoms with E-state index in [1.807, 2.05) is 104 Å². The average Bonchev–Trinajstić information content (AvgIpc) is 2.99. The Balaban J connectivity index is 1.34. The first-order chi connectivity index (χ1) is 20.0. The number of nitrogens with one attached hydrogen (secondary N) is 1. The van der Waals surface area contributed by atoms with Gasteiger partial charge in [-0.25, -0.2) is 4.79 Å². The van der Waals surface area contributed by atoms with Crippen molar-refractivity contribution in [3.05, 3.63) is 136 Å². The lowest BCUT2D eigenvalue weighted by Crippen LogP contribution is -2.36. The molecule has 0 unspecified atom stereocenters. The van der Waals surface area contributed by atoms with E-state index in [2.05, 4.69) is 5.32 Å². The van der Waals surface area contributed by atoms with Crippen molar-refractivity contribution in [3.8, 4) is 5.75 Å². The topological polar surface area (TPSA) is 64.6 Å². The molecule has 41 heavy (non-hydrogen) atoms. The second-order valence-corrected chi connectivity index (χ2v) is 10.9. The van der Waals surface area contributed by atoms with Crippen molar-refractivity contribution in [1.29, 1.82) is 0 Å². The van der Waals surface area contributed by atoms with Crippen LogP contribution >= 0.6 is 11.6 Å². The summed E-state index contributed by atoms with van der Waals surface area (Å²) in [4.78, 5) is 27.7. The van der Waals surface area contributed by atoms with Crippen LogP contribution in [0.4, 0.5) is 0 Å². The summed E-state index contributed by atoms with van der Waals surface area (Å²) in [5.41, 5.74) is 4.65. The Morgan fingerprint density at radius 3 is 2.41 bits per heavy atom. The quantitative estimate of drug-likeness (QED) is 0.186. The zero-order valence-corrected chi connectivity index (χ0v) is 23.5. The predicted molar refractivity (Wildman–Crippen MR) is 161 cm³/mol. The van der Waals surface area contributed by atoms with Crippen molar-refractivity contribution < 1.29 is 19.1 Å². The molecule has 0 amide bonds. The molecule has 0 saturated heterocycles. The molecule has 0 fully saturated rings. The first kappa shape index (κ1) is 26.9. The summed E-state index contributed by atoms with van der Waals surface area (Å²) in [6, 6.07) is 31.2. The lowest BCUT2D eigenvalue weighted by molar-refractivity contribution is -0.140. The smallest absolute Gasteiger partial charge is 0.336 e. The van der Waals surface area contributed by atoms with Crippen LogP contribution in [0.1, 0.15) is 42.7 Å². The molecule has 1 heterocycles. The van der Waals surface area contributed by atoms with Crippen LogP contribution in [0, 0.1) is 0 Å². The van der Waals surface area contributed by atoms with Gasteiger partial charge in [-0.05, 0) is 65.4 Å². The number of Topliss-reactive ketones (excluding diaryl/α,β-unsaturated/α-hetero) is 1. The number of hydrogen-bond donors (Lipinski definition) is 1. The van der Waals surface area contributed by atoms with Crippen molar-refractivity contribution in [2.24, 2.45) is 0 Å². The van der Waals surface area contributed by atoms with E-state index in [9.17, 15) is 9.59 Å². The van der Waals surface area contributed by atoms with E-state index < -0.39 is 11.9 Å². The molecule has 1 aliphatic carbocycles. The van der Waals surface area contributed by atoms with Gasteiger partial charge in [-0.3, -0.25) is 4.79 Å². The summed E-state index contributed by atoms with van der Waals surface area (Å²) in [6.07, 6.45) is 1.02. The second kappa shape index (κ2) is 11.6. The van der Waals surface area contributed by atoms with Gasteiger partial charge in [0, 0.05) is 34.3 Å². The molecule has 2 atom stereocenters. The van der Waals surface area contributed by atoms with E-state index in [4.69, 9.17) is 21.1 Å². The highest BCUT2D eigenvalue weighted by molar-refractivity contribution is 6.30. The maximum absolute atomic E-state index is 14.0. The fourth-order valence-corrected chi connectivity index (χ4v) is 6.11. The first-order valence-corrected chi connectivity index (χ1v) is 14.2. The van der Waals surface area contributed by atoms with Crippen molar-refractivity contribution in [2.75, 3.05) is 13.2 Å². The van der Waals surface area contributed by atoms with Crippen LogP contribution < -0.4 is 10.1 Å². The SMILES string of the molecule is CC1=C(C(=O)OCCOc2ccccc2)[C@H](c2cccc3ccccc23)C2=C(C[C@H](c3ccc(Cl)cc3)CC2=O)N1. The highest BCUT2D eigenvalue weighted by atomic mass is 35.5. The number of ether oxygens (including phenoxy) is 2. The van der Waals surface area contributed by atoms with Crippen LogP contribution in [-0.2, 0) is 14.3 Å². The number of halogens is 1. The van der Waals surface area contributed by atoms with Gasteiger partial charge in [-0.1, -0.05) is 84.4 Å². The van der Waals surface area contributed by atoms with Gasteiger partial charge in [-0.2, -0.15) is 0 Å². The number of fused-ring (bicyclic) bond motifs is 1. The maximum Gasteiger partial charge on any atom is 0.336 e. The zero-order chi connectivity index (χ0) is 28.3. The van der Waals surface area contributed by atoms with Gasteiger partial charge in [0.25, 0.3) is 0 Å². The Bertz CT molecular complexity index is 1670. The van der Waals surface area contributed by atoms with Crippen LogP contribution in [-0.4, -0.2) is 25.0 Å². The van der Waals surface area contributed by atoms with Gasteiger partial charge in [0.15, 0.2) is 5.78 Å². The lowest BCUT2D eigenvalue weighted by atomic mass is 9.71. The van der Waals surface area contributed by atoms with E-state index in [1.54, 1.807) is 0 Å². The third-order valence-electron chi connectivity index (χ3n) is 7.85. The number of carbonyl (C=O) groups excluding carboxylic acids is 2. The molecule has 0 saturated carbocycles. The fourth-order valence-electron chi connectivity index (χ4n) is 5.98. The van der Waals surface area contributed by atoms with Crippen LogP contribution in [0.15, 0.2) is 120 Å². The molecule has 5 nitrogen and oxygen atoms in total. The van der Waals surface area contributed by atoms with Crippen LogP contribution in [0.3, 0.4) is 0 Å². The summed E-state index contributed by atoms with van der Waals surface area (Å²) >= 11 is 6.12. The zero-order valence-electron chi connectivity index (χ0n) is 22.7. The van der Waals surface area contributed by atoms with Gasteiger partial charge < -0.3 is 14.8 Å². The number of carbonyl (C=O) groups is 2. The molecule has 0 radical (unpaired) electrons. The Labute approximate surface area is 244 Å². The van der Waals surface area contributed by atoms with Gasteiger partial charge in [-0.15, -0.1) is 0 Å². The number of para-hydroxylation sites is 1. The minimum absolute atomic E-state index is 0.0237. The molecule has 0 bridgehead atoms. The highest BCUT2D eigenvalue weighted by Crippen LogP contribution is 2.47. The largest absolute Gasteiger partial charge is 0.490 e. The third kappa shape index (κ3) is 5.50. The molecule has 4 aromatic carbocycles. The first-order valence-electron chi connectivity index (χ1n) is 13.8. The number of dihydropyridines is 1. The monoisotopic (exact) mass is 563 g/mol. The van der Waals surface area contributed by atoms with Gasteiger partial charge in [0.1, 0.15) is 19.0 Å². The Morgan fingerprint density at radius 1 is 0.878 bits per heavy atom. The van der Waals surface area contributed by atoms with Gasteiger partial charge in [0.05, 0.1) is 5.57 Å². The molecule has 0 aromatic heterocycles. The number of rotatable bonds is 7. The average molecular weight is 564 g/mol. The van der Waals surface area contributed by atoms with Crippen LogP contribution in [0.5, 0.6) is 5.75 Å². The Morgan fingerprint density at radius 2 is 1.61 bits per heavy atom. The standard InChI is InChI=1S/C35H30ClNO4/c1-22-32(35(39)41-19-18-40-27-10-3-2-4-11-27)33(29-13-7-9-24-8-5-6-12-28(24)29)34-30(37-22)20-25(21-31(34)38)23-14-16-26(36)17-15-23/h2-17,25,33,37H,18-21H2,1H3/t25-,33-/m0/s1. The number of ketones is 1. The van der Waals surface area contributed by atoms with Gasteiger partial charge in [0.2, 0.25) is 0 Å².